The number of nitrogens with zero attached hydrogens (tertiary/aromatic N) is 2. The zero-order valence-electron chi connectivity index (χ0n) is 17.4. The zero-order valence-corrected chi connectivity index (χ0v) is 18.2. The summed E-state index contributed by atoms with van der Waals surface area (Å²) in [5.41, 5.74) is 2.64. The van der Waals surface area contributed by atoms with Crippen molar-refractivity contribution in [2.24, 2.45) is 10.2 Å². The quantitative estimate of drug-likeness (QED) is 0.340. The van der Waals surface area contributed by atoms with Crippen molar-refractivity contribution in [3.63, 3.8) is 0 Å². The van der Waals surface area contributed by atoms with Crippen molar-refractivity contribution in [1.29, 1.82) is 0 Å². The first-order valence-electron chi connectivity index (χ1n) is 9.90. The third-order valence-corrected chi connectivity index (χ3v) is 5.18. The van der Waals surface area contributed by atoms with Crippen molar-refractivity contribution in [3.05, 3.63) is 84.4 Å². The van der Waals surface area contributed by atoms with Gasteiger partial charge in [-0.25, -0.2) is 0 Å². The first kappa shape index (κ1) is 22.2. The van der Waals surface area contributed by atoms with Gasteiger partial charge in [0.15, 0.2) is 0 Å². The van der Waals surface area contributed by atoms with Gasteiger partial charge in [0, 0.05) is 16.6 Å². The van der Waals surface area contributed by atoms with Crippen LogP contribution in [0.4, 0.5) is 17.1 Å². The number of carbonyl (C=O) groups excluding carboxylic acids is 2. The molecular formula is C24H24N4O2S. The van der Waals surface area contributed by atoms with Crippen molar-refractivity contribution in [2.75, 3.05) is 11.1 Å². The van der Waals surface area contributed by atoms with Crippen LogP contribution in [0.2, 0.25) is 0 Å². The molecule has 0 atom stereocenters. The lowest BCUT2D eigenvalue weighted by molar-refractivity contribution is -0.119. The molecular weight excluding hydrogens is 408 g/mol. The molecule has 0 bridgehead atoms. The second kappa shape index (κ2) is 11.1. The van der Waals surface area contributed by atoms with E-state index in [1.807, 2.05) is 56.3 Å². The Morgan fingerprint density at radius 3 is 2.13 bits per heavy atom. The van der Waals surface area contributed by atoms with E-state index in [-0.39, 0.29) is 23.6 Å². The van der Waals surface area contributed by atoms with Crippen molar-refractivity contribution >= 4 is 40.6 Å². The van der Waals surface area contributed by atoms with Gasteiger partial charge < -0.3 is 10.6 Å². The molecule has 0 fully saturated rings. The molecule has 3 aromatic rings. The molecule has 2 amide bonds. The fraction of sp³-hybridized carbons (Fsp3) is 0.167. The van der Waals surface area contributed by atoms with Crippen LogP contribution in [0.1, 0.15) is 24.2 Å². The molecule has 2 N–H and O–H groups in total. The molecule has 0 aliphatic carbocycles. The highest BCUT2D eigenvalue weighted by Crippen LogP contribution is 2.25. The lowest BCUT2D eigenvalue weighted by atomic mass is 10.2. The van der Waals surface area contributed by atoms with Gasteiger partial charge in [0.05, 0.1) is 22.7 Å². The number of benzene rings is 3. The van der Waals surface area contributed by atoms with Gasteiger partial charge >= 0.3 is 0 Å². The Labute approximate surface area is 186 Å². The van der Waals surface area contributed by atoms with Crippen LogP contribution in [0.5, 0.6) is 0 Å². The van der Waals surface area contributed by atoms with E-state index in [9.17, 15) is 9.59 Å². The summed E-state index contributed by atoms with van der Waals surface area (Å²) in [4.78, 5) is 25.5. The van der Waals surface area contributed by atoms with Gasteiger partial charge in [-0.05, 0) is 62.4 Å². The summed E-state index contributed by atoms with van der Waals surface area (Å²) >= 11 is 1.34. The highest BCUT2D eigenvalue weighted by atomic mass is 32.2. The Morgan fingerprint density at radius 2 is 1.45 bits per heavy atom. The van der Waals surface area contributed by atoms with Crippen LogP contribution < -0.4 is 10.6 Å². The van der Waals surface area contributed by atoms with Crippen LogP contribution in [0, 0.1) is 0 Å². The van der Waals surface area contributed by atoms with Crippen LogP contribution in [-0.2, 0) is 4.79 Å². The van der Waals surface area contributed by atoms with Gasteiger partial charge in [-0.3, -0.25) is 9.59 Å². The molecule has 6 nitrogen and oxygen atoms in total. The highest BCUT2D eigenvalue weighted by Gasteiger charge is 2.13. The minimum Gasteiger partial charge on any atom is -0.353 e. The molecule has 0 saturated carbocycles. The number of azo groups is 1. The topological polar surface area (TPSA) is 82.9 Å². The van der Waals surface area contributed by atoms with Gasteiger partial charge in [-0.15, -0.1) is 11.8 Å². The average Bonchev–Trinajstić information content (AvgIpc) is 2.77. The van der Waals surface area contributed by atoms with Gasteiger partial charge in [-0.1, -0.05) is 30.3 Å². The van der Waals surface area contributed by atoms with E-state index in [4.69, 9.17) is 0 Å². The standard InChI is InChI=1S/C24H24N4O2S/c1-17(2)25-23(29)16-31-22-11-7-6-10-21(22)24(30)26-18-12-14-20(15-13-18)28-27-19-8-4-3-5-9-19/h3-15,17H,16H2,1-2H3,(H,25,29)(H,26,30). The molecule has 3 rings (SSSR count). The SMILES string of the molecule is CC(C)NC(=O)CSc1ccccc1C(=O)Nc1ccc(N=Nc2ccccc2)cc1. The second-order valence-electron chi connectivity index (χ2n) is 7.04. The summed E-state index contributed by atoms with van der Waals surface area (Å²) < 4.78 is 0. The summed E-state index contributed by atoms with van der Waals surface area (Å²) in [5, 5.41) is 14.1. The van der Waals surface area contributed by atoms with Gasteiger partial charge in [-0.2, -0.15) is 10.2 Å². The van der Waals surface area contributed by atoms with E-state index in [0.717, 1.165) is 10.6 Å². The monoisotopic (exact) mass is 432 g/mol. The average molecular weight is 433 g/mol. The number of amides is 2. The van der Waals surface area contributed by atoms with E-state index in [1.165, 1.54) is 11.8 Å². The first-order chi connectivity index (χ1) is 15.0. The van der Waals surface area contributed by atoms with Gasteiger partial charge in [0.1, 0.15) is 0 Å². The third-order valence-electron chi connectivity index (χ3n) is 4.10. The second-order valence-corrected chi connectivity index (χ2v) is 8.06. The molecule has 7 heteroatoms. The summed E-state index contributed by atoms with van der Waals surface area (Å²) in [6, 6.07) is 24.0. The van der Waals surface area contributed by atoms with Gasteiger partial charge in [0.2, 0.25) is 5.91 Å². The van der Waals surface area contributed by atoms with Crippen LogP contribution >= 0.6 is 11.8 Å². The lowest BCUT2D eigenvalue weighted by Gasteiger charge is -2.11. The van der Waals surface area contributed by atoms with Crippen molar-refractivity contribution in [3.8, 4) is 0 Å². The Kier molecular flexibility index (Phi) is 7.95. The largest absolute Gasteiger partial charge is 0.353 e. The number of hydrogen-bond acceptors (Lipinski definition) is 5. The summed E-state index contributed by atoms with van der Waals surface area (Å²) in [7, 11) is 0. The van der Waals surface area contributed by atoms with E-state index in [1.54, 1.807) is 36.4 Å². The predicted octanol–water partition coefficient (Wildman–Crippen LogP) is 5.97. The van der Waals surface area contributed by atoms with Gasteiger partial charge in [0.25, 0.3) is 5.91 Å². The fourth-order valence-corrected chi connectivity index (χ4v) is 3.57. The molecule has 31 heavy (non-hydrogen) atoms. The number of thioether (sulfide) groups is 1. The number of anilines is 1. The Balaban J connectivity index is 1.62. The van der Waals surface area contributed by atoms with Crippen LogP contribution in [0.15, 0.2) is 94.0 Å². The smallest absolute Gasteiger partial charge is 0.256 e. The minimum absolute atomic E-state index is 0.0598. The Hall–Kier alpha value is -3.45. The number of nitrogens with one attached hydrogen (secondary N) is 2. The third kappa shape index (κ3) is 7.08. The molecule has 0 aliphatic heterocycles. The molecule has 0 radical (unpaired) electrons. The normalized spacial score (nSPS) is 10.9. The molecule has 3 aromatic carbocycles. The number of hydrogen-bond donors (Lipinski definition) is 2. The van der Waals surface area contributed by atoms with E-state index in [2.05, 4.69) is 20.9 Å². The van der Waals surface area contributed by atoms with E-state index in [0.29, 0.717) is 16.9 Å². The van der Waals surface area contributed by atoms with Crippen molar-refractivity contribution in [2.45, 2.75) is 24.8 Å². The maximum atomic E-state index is 12.8. The first-order valence-corrected chi connectivity index (χ1v) is 10.9. The molecule has 0 unspecified atom stereocenters. The minimum atomic E-state index is -0.231. The van der Waals surface area contributed by atoms with Crippen LogP contribution in [0.25, 0.3) is 0 Å². The molecule has 158 valence electrons. The van der Waals surface area contributed by atoms with Crippen molar-refractivity contribution < 1.29 is 9.59 Å². The molecule has 0 aliphatic rings. The molecule has 0 spiro atoms. The van der Waals surface area contributed by atoms with Crippen LogP contribution in [0.3, 0.4) is 0 Å². The maximum absolute atomic E-state index is 12.8. The number of carbonyl (C=O) groups is 2. The fourth-order valence-electron chi connectivity index (χ4n) is 2.71. The highest BCUT2D eigenvalue weighted by molar-refractivity contribution is 8.00. The Bertz CT molecular complexity index is 1050. The summed E-state index contributed by atoms with van der Waals surface area (Å²) in [5.74, 6) is -0.0367. The predicted molar refractivity (Wildman–Crippen MR) is 125 cm³/mol. The molecule has 0 heterocycles. The summed E-state index contributed by atoms with van der Waals surface area (Å²) in [6.45, 7) is 3.83. The summed E-state index contributed by atoms with van der Waals surface area (Å²) in [6.07, 6.45) is 0. The van der Waals surface area contributed by atoms with Crippen LogP contribution in [-0.4, -0.2) is 23.6 Å². The van der Waals surface area contributed by atoms with Crippen molar-refractivity contribution in [1.82, 2.24) is 5.32 Å². The Morgan fingerprint density at radius 1 is 0.839 bits per heavy atom. The number of rotatable bonds is 8. The maximum Gasteiger partial charge on any atom is 0.256 e. The van der Waals surface area contributed by atoms with E-state index >= 15 is 0 Å². The molecule has 0 saturated heterocycles. The lowest BCUT2D eigenvalue weighted by Crippen LogP contribution is -2.31. The van der Waals surface area contributed by atoms with E-state index < -0.39 is 0 Å². The zero-order chi connectivity index (χ0) is 22.1. The molecule has 0 aromatic heterocycles.